The van der Waals surface area contributed by atoms with Gasteiger partial charge in [-0.25, -0.2) is 4.79 Å². The van der Waals surface area contributed by atoms with E-state index in [4.69, 9.17) is 5.11 Å². The molecule has 2 N–H and O–H groups in total. The molecule has 12 heavy (non-hydrogen) atoms. The molecule has 0 aromatic rings. The minimum atomic E-state index is -0.762. The van der Waals surface area contributed by atoms with Crippen LogP contribution in [0.3, 0.4) is 0 Å². The van der Waals surface area contributed by atoms with E-state index in [9.17, 15) is 4.79 Å². The molecule has 2 unspecified atom stereocenters. The van der Waals surface area contributed by atoms with Crippen molar-refractivity contribution < 1.29 is 9.90 Å². The van der Waals surface area contributed by atoms with Crippen LogP contribution in [-0.2, 0) is 0 Å². The van der Waals surface area contributed by atoms with Gasteiger partial charge in [0, 0.05) is 19.1 Å². The van der Waals surface area contributed by atoms with E-state index < -0.39 is 6.09 Å². The minimum absolute atomic E-state index is 0.144. The molecule has 2 aliphatic rings. The molecule has 0 spiro atoms. The summed E-state index contributed by atoms with van der Waals surface area (Å²) in [4.78, 5) is 12.5. The zero-order chi connectivity index (χ0) is 8.77. The molecule has 2 aliphatic heterocycles. The van der Waals surface area contributed by atoms with Gasteiger partial charge in [-0.1, -0.05) is 0 Å². The maximum Gasteiger partial charge on any atom is 0.408 e. The maximum atomic E-state index is 10.9. The van der Waals surface area contributed by atoms with Crippen molar-refractivity contribution in [1.29, 1.82) is 0 Å². The summed E-state index contributed by atoms with van der Waals surface area (Å²) >= 11 is 0. The van der Waals surface area contributed by atoms with E-state index in [1.165, 1.54) is 0 Å². The third kappa shape index (κ3) is 0.909. The second-order valence-corrected chi connectivity index (χ2v) is 3.97. The molecule has 1 amide bonds. The van der Waals surface area contributed by atoms with Crippen molar-refractivity contribution in [2.24, 2.45) is 0 Å². The van der Waals surface area contributed by atoms with Crippen molar-refractivity contribution in [3.05, 3.63) is 0 Å². The van der Waals surface area contributed by atoms with Crippen LogP contribution in [0.4, 0.5) is 4.79 Å². The number of amides is 1. The first-order chi connectivity index (χ1) is 5.63. The Bertz CT molecular complexity index is 215. The molecule has 2 atom stereocenters. The highest BCUT2D eigenvalue weighted by atomic mass is 16.4. The summed E-state index contributed by atoms with van der Waals surface area (Å²) in [5.41, 5.74) is -0.144. The Morgan fingerprint density at radius 3 is 3.00 bits per heavy atom. The van der Waals surface area contributed by atoms with Gasteiger partial charge in [0.1, 0.15) is 0 Å². The Labute approximate surface area is 71.5 Å². The summed E-state index contributed by atoms with van der Waals surface area (Å²) in [6.45, 7) is 3.64. The largest absolute Gasteiger partial charge is 0.465 e. The zero-order valence-electron chi connectivity index (χ0n) is 7.21. The van der Waals surface area contributed by atoms with Crippen molar-refractivity contribution in [1.82, 2.24) is 10.2 Å². The fourth-order valence-electron chi connectivity index (χ4n) is 2.43. The summed E-state index contributed by atoms with van der Waals surface area (Å²) < 4.78 is 0. The van der Waals surface area contributed by atoms with Crippen LogP contribution < -0.4 is 5.32 Å². The standard InChI is InChI=1S/C8H14N2O2/c1-8-3-2-6(4-9-5-8)10(8)7(11)12/h6,9H,2-5H2,1H3,(H,11,12). The number of nitrogens with zero attached hydrogens (tertiary/aromatic N) is 1. The fourth-order valence-corrected chi connectivity index (χ4v) is 2.43. The molecule has 2 fully saturated rings. The molecule has 4 heteroatoms. The summed E-state index contributed by atoms with van der Waals surface area (Å²) in [6, 6.07) is 0.209. The average Bonchev–Trinajstić information content (AvgIpc) is 2.18. The predicted octanol–water partition coefficient (Wildman–Crippen LogP) is 0.491. The van der Waals surface area contributed by atoms with E-state index in [1.54, 1.807) is 4.90 Å². The van der Waals surface area contributed by atoms with Crippen molar-refractivity contribution in [2.75, 3.05) is 13.1 Å². The highest BCUT2D eigenvalue weighted by Crippen LogP contribution is 2.35. The van der Waals surface area contributed by atoms with E-state index in [0.29, 0.717) is 0 Å². The molecule has 2 saturated heterocycles. The molecule has 68 valence electrons. The maximum absolute atomic E-state index is 10.9. The van der Waals surface area contributed by atoms with Crippen LogP contribution in [-0.4, -0.2) is 40.8 Å². The summed E-state index contributed by atoms with van der Waals surface area (Å²) in [5, 5.41) is 12.2. The third-order valence-electron chi connectivity index (χ3n) is 3.05. The molecular weight excluding hydrogens is 156 g/mol. The number of carboxylic acid groups (broad SMARTS) is 1. The molecule has 0 saturated carbocycles. The van der Waals surface area contributed by atoms with Crippen LogP contribution in [0.15, 0.2) is 0 Å². The van der Waals surface area contributed by atoms with E-state index in [-0.39, 0.29) is 11.6 Å². The average molecular weight is 170 g/mol. The van der Waals surface area contributed by atoms with Gasteiger partial charge >= 0.3 is 6.09 Å². The van der Waals surface area contributed by atoms with Gasteiger partial charge < -0.3 is 10.4 Å². The Morgan fingerprint density at radius 1 is 1.75 bits per heavy atom. The fraction of sp³-hybridized carbons (Fsp3) is 0.875. The van der Waals surface area contributed by atoms with Crippen LogP contribution in [0, 0.1) is 0 Å². The lowest BCUT2D eigenvalue weighted by atomic mass is 9.99. The number of nitrogens with one attached hydrogen (secondary N) is 1. The summed E-state index contributed by atoms with van der Waals surface area (Å²) in [6.07, 6.45) is 1.24. The quantitative estimate of drug-likeness (QED) is 0.556. The normalized spacial score (nSPS) is 40.1. The van der Waals surface area contributed by atoms with E-state index in [0.717, 1.165) is 25.9 Å². The van der Waals surface area contributed by atoms with Gasteiger partial charge in [0.05, 0.1) is 5.54 Å². The number of carbonyl (C=O) groups is 1. The molecule has 2 bridgehead atoms. The summed E-state index contributed by atoms with van der Waals surface area (Å²) in [5.74, 6) is 0. The molecule has 4 nitrogen and oxygen atoms in total. The smallest absolute Gasteiger partial charge is 0.408 e. The topological polar surface area (TPSA) is 52.6 Å². The van der Waals surface area contributed by atoms with Crippen LogP contribution in [0.25, 0.3) is 0 Å². The van der Waals surface area contributed by atoms with Gasteiger partial charge in [0.25, 0.3) is 0 Å². The predicted molar refractivity (Wildman–Crippen MR) is 44.2 cm³/mol. The number of fused-ring (bicyclic) bond motifs is 2. The molecule has 2 heterocycles. The second kappa shape index (κ2) is 2.36. The molecule has 2 rings (SSSR count). The van der Waals surface area contributed by atoms with Crippen molar-refractivity contribution in [3.8, 4) is 0 Å². The van der Waals surface area contributed by atoms with Gasteiger partial charge in [-0.15, -0.1) is 0 Å². The van der Waals surface area contributed by atoms with Crippen molar-refractivity contribution in [3.63, 3.8) is 0 Å². The Morgan fingerprint density at radius 2 is 2.50 bits per heavy atom. The molecule has 0 radical (unpaired) electrons. The van der Waals surface area contributed by atoms with Gasteiger partial charge in [-0.2, -0.15) is 0 Å². The Balaban J connectivity index is 2.26. The van der Waals surface area contributed by atoms with Crippen LogP contribution in [0.2, 0.25) is 0 Å². The van der Waals surface area contributed by atoms with E-state index in [2.05, 4.69) is 5.32 Å². The van der Waals surface area contributed by atoms with Gasteiger partial charge in [-0.3, -0.25) is 4.90 Å². The SMILES string of the molecule is CC12CCC(CNC1)N2C(=O)O. The molecular formula is C8H14N2O2. The minimum Gasteiger partial charge on any atom is -0.465 e. The summed E-state index contributed by atoms with van der Waals surface area (Å²) in [7, 11) is 0. The first-order valence-corrected chi connectivity index (χ1v) is 4.36. The van der Waals surface area contributed by atoms with Crippen molar-refractivity contribution in [2.45, 2.75) is 31.3 Å². The monoisotopic (exact) mass is 170 g/mol. The zero-order valence-corrected chi connectivity index (χ0v) is 7.21. The van der Waals surface area contributed by atoms with Crippen molar-refractivity contribution >= 4 is 6.09 Å². The Hall–Kier alpha value is -0.770. The van der Waals surface area contributed by atoms with E-state index in [1.807, 2.05) is 6.92 Å². The first-order valence-electron chi connectivity index (χ1n) is 4.36. The molecule has 0 aromatic heterocycles. The lowest BCUT2D eigenvalue weighted by Gasteiger charge is -2.40. The second-order valence-electron chi connectivity index (χ2n) is 3.97. The first kappa shape index (κ1) is 7.86. The number of hydrogen-bond acceptors (Lipinski definition) is 2. The number of rotatable bonds is 0. The molecule has 0 aliphatic carbocycles. The van der Waals surface area contributed by atoms with E-state index >= 15 is 0 Å². The van der Waals surface area contributed by atoms with Crippen LogP contribution in [0.5, 0.6) is 0 Å². The third-order valence-corrected chi connectivity index (χ3v) is 3.05. The lowest BCUT2D eigenvalue weighted by molar-refractivity contribution is 0.0704. The van der Waals surface area contributed by atoms with Crippen LogP contribution in [0.1, 0.15) is 19.8 Å². The highest BCUT2D eigenvalue weighted by molar-refractivity contribution is 5.67. The molecule has 0 aromatic carbocycles. The highest BCUT2D eigenvalue weighted by Gasteiger charge is 2.48. The van der Waals surface area contributed by atoms with Crippen LogP contribution >= 0.6 is 0 Å². The lowest BCUT2D eigenvalue weighted by Crippen LogP contribution is -2.60. The van der Waals surface area contributed by atoms with Gasteiger partial charge in [0.15, 0.2) is 0 Å². The van der Waals surface area contributed by atoms with Gasteiger partial charge in [0.2, 0.25) is 0 Å². The number of piperazine rings is 1. The number of hydrogen-bond donors (Lipinski definition) is 2. The Kier molecular flexibility index (Phi) is 1.54. The van der Waals surface area contributed by atoms with Gasteiger partial charge in [-0.05, 0) is 19.8 Å².